The molecule has 0 saturated carbocycles. The minimum atomic E-state index is -0.391. The lowest BCUT2D eigenvalue weighted by molar-refractivity contribution is -0.108. The monoisotopic (exact) mass is 182 g/mol. The number of rotatable bonds is 3. The molecular weight excluding hydrogens is 164 g/mol. The van der Waals surface area contributed by atoms with Crippen molar-refractivity contribution in [3.05, 3.63) is 30.1 Å². The highest BCUT2D eigenvalue weighted by atomic mass is 16.1. The second-order valence-corrected chi connectivity index (χ2v) is 2.36. The molecule has 0 bridgehead atoms. The molecule has 0 amide bonds. The van der Waals surface area contributed by atoms with Crippen LogP contribution in [0.15, 0.2) is 24.5 Å². The molecule has 3 heteroatoms. The van der Waals surface area contributed by atoms with Crippen molar-refractivity contribution in [2.45, 2.75) is 26.3 Å². The Kier molecular flexibility index (Phi) is 6.73. The predicted octanol–water partition coefficient (Wildman–Crippen LogP) is 1.42. The summed E-state index contributed by atoms with van der Waals surface area (Å²) in [5, 5.41) is 0. The number of carbonyl (C=O) groups excluding carboxylic acids is 1. The molecule has 0 spiro atoms. The zero-order chi connectivity index (χ0) is 10.1. The van der Waals surface area contributed by atoms with E-state index in [-0.39, 0.29) is 1.43 Å². The first-order valence-electron chi connectivity index (χ1n) is 4.42. The second kappa shape index (κ2) is 7.43. The van der Waals surface area contributed by atoms with Gasteiger partial charge in [0.2, 0.25) is 0 Å². The van der Waals surface area contributed by atoms with Gasteiger partial charge in [-0.25, -0.2) is 0 Å². The fourth-order valence-corrected chi connectivity index (χ4v) is 0.839. The fraction of sp³-hybridized carbons (Fsp3) is 0.400. The minimum absolute atomic E-state index is 0. The largest absolute Gasteiger partial charge is 0.321 e. The van der Waals surface area contributed by atoms with Crippen molar-refractivity contribution in [3.8, 4) is 0 Å². The molecule has 1 aromatic heterocycles. The molecule has 1 atom stereocenters. The molecule has 0 radical (unpaired) electrons. The lowest BCUT2D eigenvalue weighted by Crippen LogP contribution is -2.23. The van der Waals surface area contributed by atoms with Crippen LogP contribution in [0, 0.1) is 0 Å². The van der Waals surface area contributed by atoms with Crippen LogP contribution in [0.2, 0.25) is 0 Å². The first-order chi connectivity index (χ1) is 6.33. The molecule has 2 N–H and O–H groups in total. The lowest BCUT2D eigenvalue weighted by atomic mass is 10.1. The summed E-state index contributed by atoms with van der Waals surface area (Å²) in [6.07, 6.45) is 4.71. The van der Waals surface area contributed by atoms with Gasteiger partial charge in [0.15, 0.2) is 0 Å². The quantitative estimate of drug-likeness (QED) is 0.719. The van der Waals surface area contributed by atoms with Gasteiger partial charge in [-0.2, -0.15) is 0 Å². The number of hydrogen-bond donors (Lipinski definition) is 1. The van der Waals surface area contributed by atoms with Gasteiger partial charge in [-0.1, -0.05) is 13.8 Å². The van der Waals surface area contributed by atoms with Crippen molar-refractivity contribution in [2.24, 2.45) is 5.73 Å². The van der Waals surface area contributed by atoms with Crippen molar-refractivity contribution >= 4 is 6.29 Å². The number of aromatic nitrogens is 1. The summed E-state index contributed by atoms with van der Waals surface area (Å²) in [5.41, 5.74) is 6.46. The van der Waals surface area contributed by atoms with Gasteiger partial charge in [0.25, 0.3) is 0 Å². The molecule has 1 aromatic rings. The average Bonchev–Trinajstić information content (AvgIpc) is 2.22. The van der Waals surface area contributed by atoms with E-state index in [4.69, 9.17) is 5.73 Å². The van der Waals surface area contributed by atoms with E-state index in [0.717, 1.165) is 11.8 Å². The van der Waals surface area contributed by atoms with E-state index in [2.05, 4.69) is 4.98 Å². The maximum absolute atomic E-state index is 10.2. The van der Waals surface area contributed by atoms with Crippen LogP contribution >= 0.6 is 0 Å². The summed E-state index contributed by atoms with van der Waals surface area (Å²) in [6, 6.07) is 3.31. The first-order valence-corrected chi connectivity index (χ1v) is 4.42. The molecule has 3 nitrogen and oxygen atoms in total. The Morgan fingerprint density at radius 3 is 2.54 bits per heavy atom. The topological polar surface area (TPSA) is 56.0 Å². The minimum Gasteiger partial charge on any atom is -0.321 e. The van der Waals surface area contributed by atoms with E-state index in [1.165, 1.54) is 0 Å². The summed E-state index contributed by atoms with van der Waals surface area (Å²) in [4.78, 5) is 14.0. The van der Waals surface area contributed by atoms with Gasteiger partial charge >= 0.3 is 0 Å². The van der Waals surface area contributed by atoms with Crippen LogP contribution < -0.4 is 5.73 Å². The Bertz CT molecular complexity index is 229. The van der Waals surface area contributed by atoms with Crippen molar-refractivity contribution in [2.75, 3.05) is 0 Å². The van der Waals surface area contributed by atoms with Crippen LogP contribution in [0.3, 0.4) is 0 Å². The standard InChI is InChI=1S/C8H10N2O.C2H6.H2/c9-8(6-11)5-7-1-3-10-4-2-7;1-2;/h1-4,6,8H,5,9H2;1-2H3;1H/t8-;;/m0../s1. The van der Waals surface area contributed by atoms with Crippen LogP contribution in [0.1, 0.15) is 20.8 Å². The van der Waals surface area contributed by atoms with Gasteiger partial charge in [-0.3, -0.25) is 4.98 Å². The summed E-state index contributed by atoms with van der Waals surface area (Å²) in [7, 11) is 0. The molecule has 0 aliphatic heterocycles. The van der Waals surface area contributed by atoms with Crippen LogP contribution in [0.25, 0.3) is 0 Å². The van der Waals surface area contributed by atoms with Crippen molar-refractivity contribution in [1.29, 1.82) is 0 Å². The van der Waals surface area contributed by atoms with Gasteiger partial charge in [0.1, 0.15) is 6.29 Å². The summed E-state index contributed by atoms with van der Waals surface area (Å²) >= 11 is 0. The predicted molar refractivity (Wildman–Crippen MR) is 55.4 cm³/mol. The Labute approximate surface area is 80.5 Å². The van der Waals surface area contributed by atoms with Gasteiger partial charge in [0, 0.05) is 13.8 Å². The summed E-state index contributed by atoms with van der Waals surface area (Å²) in [6.45, 7) is 4.00. The number of carbonyl (C=O) groups is 1. The van der Waals surface area contributed by atoms with Crippen LogP contribution in [0.5, 0.6) is 0 Å². The fourth-order valence-electron chi connectivity index (χ4n) is 0.839. The Hall–Kier alpha value is -1.22. The normalized spacial score (nSPS) is 11.0. The van der Waals surface area contributed by atoms with Crippen LogP contribution in [0.4, 0.5) is 0 Å². The molecule has 1 rings (SSSR count). The molecular formula is C10H18N2O. The molecule has 1 heterocycles. The Morgan fingerprint density at radius 2 is 2.08 bits per heavy atom. The first kappa shape index (κ1) is 11.8. The van der Waals surface area contributed by atoms with Gasteiger partial charge < -0.3 is 10.5 Å². The van der Waals surface area contributed by atoms with E-state index in [9.17, 15) is 4.79 Å². The van der Waals surface area contributed by atoms with Crippen molar-refractivity contribution < 1.29 is 6.22 Å². The Morgan fingerprint density at radius 1 is 1.54 bits per heavy atom. The SMILES string of the molecule is CC.N[C@H](C=O)Cc1ccncc1.[HH]. The highest BCUT2D eigenvalue weighted by molar-refractivity contribution is 5.57. The average molecular weight is 182 g/mol. The molecule has 0 aliphatic rings. The maximum Gasteiger partial charge on any atom is 0.137 e. The van der Waals surface area contributed by atoms with Crippen LogP contribution in [-0.4, -0.2) is 17.3 Å². The van der Waals surface area contributed by atoms with Gasteiger partial charge in [0.05, 0.1) is 6.04 Å². The number of pyridine rings is 1. The molecule has 0 unspecified atom stereocenters. The van der Waals surface area contributed by atoms with E-state index < -0.39 is 6.04 Å². The van der Waals surface area contributed by atoms with E-state index in [1.54, 1.807) is 12.4 Å². The van der Waals surface area contributed by atoms with E-state index in [1.807, 2.05) is 26.0 Å². The number of nitrogens with two attached hydrogens (primary N) is 1. The summed E-state index contributed by atoms with van der Waals surface area (Å²) in [5.74, 6) is 0. The van der Waals surface area contributed by atoms with Crippen molar-refractivity contribution in [1.82, 2.24) is 4.98 Å². The smallest absolute Gasteiger partial charge is 0.137 e. The molecule has 74 valence electrons. The second-order valence-electron chi connectivity index (χ2n) is 2.36. The third kappa shape index (κ3) is 5.09. The van der Waals surface area contributed by atoms with Crippen molar-refractivity contribution in [3.63, 3.8) is 0 Å². The number of aldehydes is 1. The lowest BCUT2D eigenvalue weighted by Gasteiger charge is -2.01. The molecule has 0 saturated heterocycles. The zero-order valence-electron chi connectivity index (χ0n) is 8.10. The summed E-state index contributed by atoms with van der Waals surface area (Å²) < 4.78 is 0. The van der Waals surface area contributed by atoms with Gasteiger partial charge in [-0.15, -0.1) is 0 Å². The molecule has 13 heavy (non-hydrogen) atoms. The molecule has 0 aliphatic carbocycles. The van der Waals surface area contributed by atoms with E-state index in [0.29, 0.717) is 6.42 Å². The highest BCUT2D eigenvalue weighted by Gasteiger charge is 1.99. The maximum atomic E-state index is 10.2. The number of hydrogen-bond acceptors (Lipinski definition) is 3. The third-order valence-electron chi connectivity index (χ3n) is 1.40. The van der Waals surface area contributed by atoms with Crippen LogP contribution in [-0.2, 0) is 11.2 Å². The van der Waals surface area contributed by atoms with Gasteiger partial charge in [-0.05, 0) is 24.1 Å². The highest BCUT2D eigenvalue weighted by Crippen LogP contribution is 1.98. The number of nitrogens with zero attached hydrogens (tertiary/aromatic N) is 1. The third-order valence-corrected chi connectivity index (χ3v) is 1.40. The zero-order valence-corrected chi connectivity index (χ0v) is 8.10. The molecule has 0 aromatic carbocycles. The van der Waals surface area contributed by atoms with E-state index >= 15 is 0 Å². The molecule has 0 fully saturated rings. The Balaban J connectivity index is 0.